The highest BCUT2D eigenvalue weighted by molar-refractivity contribution is 7.88. The number of hydrogen-bond donors (Lipinski definition) is 0. The molecule has 1 aromatic carbocycles. The Hall–Kier alpha value is -3.13. The molecule has 1 saturated heterocycles. The van der Waals surface area contributed by atoms with Crippen LogP contribution in [0.2, 0.25) is 0 Å². The van der Waals surface area contributed by atoms with Crippen molar-refractivity contribution in [1.29, 1.82) is 0 Å². The van der Waals surface area contributed by atoms with Gasteiger partial charge in [0.15, 0.2) is 0 Å². The van der Waals surface area contributed by atoms with E-state index in [2.05, 4.69) is 14.2 Å². The molecule has 0 N–H and O–H groups in total. The zero-order valence-electron chi connectivity index (χ0n) is 19.6. The lowest BCUT2D eigenvalue weighted by Crippen LogP contribution is -2.38. The highest BCUT2D eigenvalue weighted by Gasteiger charge is 2.49. The van der Waals surface area contributed by atoms with Crippen molar-refractivity contribution in [2.24, 2.45) is 0 Å². The molecule has 1 aliphatic heterocycles. The molecule has 35 heavy (non-hydrogen) atoms. The molecule has 0 amide bonds. The lowest BCUT2D eigenvalue weighted by atomic mass is 10.1. The van der Waals surface area contributed by atoms with Gasteiger partial charge in [0.2, 0.25) is 5.95 Å². The van der Waals surface area contributed by atoms with Crippen LogP contribution in [0.4, 0.5) is 19.1 Å². The maximum absolute atomic E-state index is 13.1. The highest BCUT2D eigenvalue weighted by Crippen LogP contribution is 2.35. The van der Waals surface area contributed by atoms with Crippen LogP contribution in [-0.4, -0.2) is 69.9 Å². The summed E-state index contributed by atoms with van der Waals surface area (Å²) in [5.74, 6) is -2.04. The maximum Gasteiger partial charge on any atom is 0.534 e. The van der Waals surface area contributed by atoms with Gasteiger partial charge in [0.05, 0.1) is 32.6 Å². The molecule has 0 unspecified atom stereocenters. The van der Waals surface area contributed by atoms with E-state index in [1.54, 1.807) is 17.0 Å². The summed E-state index contributed by atoms with van der Waals surface area (Å²) in [6.07, 6.45) is 0. The number of alkyl halides is 3. The molecule has 14 heteroatoms. The minimum absolute atomic E-state index is 0.142. The first kappa shape index (κ1) is 28.1. The van der Waals surface area contributed by atoms with Crippen LogP contribution in [0.15, 0.2) is 24.3 Å². The van der Waals surface area contributed by atoms with Crippen molar-refractivity contribution in [3.05, 3.63) is 29.8 Å². The SMILES string of the molecule is CC.CCOC(=O)c1c(OS(=O)(=O)C(F)(F)F)nc(N2CCOCC2)nc1-c1cccc(OC)c1. The number of esters is 1. The molecule has 0 spiro atoms. The molecule has 10 nitrogen and oxygen atoms in total. The third-order valence-corrected chi connectivity index (χ3v) is 5.40. The van der Waals surface area contributed by atoms with Gasteiger partial charge >= 0.3 is 21.6 Å². The van der Waals surface area contributed by atoms with E-state index in [4.69, 9.17) is 14.2 Å². The molecule has 1 aromatic heterocycles. The molecule has 1 fully saturated rings. The monoisotopic (exact) mass is 521 g/mol. The predicted molar refractivity (Wildman–Crippen MR) is 120 cm³/mol. The number of rotatable bonds is 7. The fraction of sp³-hybridized carbons (Fsp3) is 0.476. The number of hydrogen-bond acceptors (Lipinski definition) is 10. The molecular weight excluding hydrogens is 495 g/mol. The number of nitrogens with zero attached hydrogens (tertiary/aromatic N) is 3. The summed E-state index contributed by atoms with van der Waals surface area (Å²) in [7, 11) is -4.75. The van der Waals surface area contributed by atoms with Gasteiger partial charge in [-0.3, -0.25) is 0 Å². The third kappa shape index (κ3) is 6.72. The summed E-state index contributed by atoms with van der Waals surface area (Å²) < 4.78 is 82.4. The van der Waals surface area contributed by atoms with Crippen LogP contribution in [0.25, 0.3) is 11.3 Å². The summed E-state index contributed by atoms with van der Waals surface area (Å²) in [4.78, 5) is 22.5. The zero-order valence-corrected chi connectivity index (χ0v) is 20.4. The van der Waals surface area contributed by atoms with Crippen molar-refractivity contribution in [3.8, 4) is 22.9 Å². The van der Waals surface area contributed by atoms with Gasteiger partial charge in [-0.15, -0.1) is 0 Å². The maximum atomic E-state index is 13.1. The molecule has 2 heterocycles. The zero-order chi connectivity index (χ0) is 26.2. The van der Waals surface area contributed by atoms with Crippen molar-refractivity contribution in [2.75, 3.05) is 44.9 Å². The van der Waals surface area contributed by atoms with Gasteiger partial charge < -0.3 is 23.3 Å². The van der Waals surface area contributed by atoms with Crippen LogP contribution >= 0.6 is 0 Å². The lowest BCUT2D eigenvalue weighted by molar-refractivity contribution is -0.0502. The van der Waals surface area contributed by atoms with E-state index in [1.807, 2.05) is 13.8 Å². The van der Waals surface area contributed by atoms with E-state index in [-0.39, 0.29) is 50.1 Å². The first-order valence-electron chi connectivity index (χ1n) is 10.6. The van der Waals surface area contributed by atoms with Crippen molar-refractivity contribution in [2.45, 2.75) is 26.3 Å². The highest BCUT2D eigenvalue weighted by atomic mass is 32.2. The number of ether oxygens (including phenoxy) is 3. The molecule has 2 aromatic rings. The minimum Gasteiger partial charge on any atom is -0.497 e. The van der Waals surface area contributed by atoms with E-state index in [9.17, 15) is 26.4 Å². The van der Waals surface area contributed by atoms with Gasteiger partial charge in [0.1, 0.15) is 11.3 Å². The van der Waals surface area contributed by atoms with E-state index in [0.717, 1.165) is 0 Å². The molecule has 1 aliphatic rings. The first-order valence-corrected chi connectivity index (χ1v) is 12.0. The van der Waals surface area contributed by atoms with Gasteiger partial charge in [-0.25, -0.2) is 9.78 Å². The minimum atomic E-state index is -6.15. The second-order valence-corrected chi connectivity index (χ2v) is 8.13. The number of aromatic nitrogens is 2. The quantitative estimate of drug-likeness (QED) is 0.305. The van der Waals surface area contributed by atoms with Crippen molar-refractivity contribution in [1.82, 2.24) is 9.97 Å². The number of morpholine rings is 1. The molecule has 3 rings (SSSR count). The Kier molecular flexibility index (Phi) is 9.65. The summed E-state index contributed by atoms with van der Waals surface area (Å²) in [6, 6.07) is 6.14. The average Bonchev–Trinajstić information content (AvgIpc) is 2.84. The molecule has 0 bridgehead atoms. The van der Waals surface area contributed by atoms with Gasteiger partial charge in [-0.2, -0.15) is 26.6 Å². The van der Waals surface area contributed by atoms with Gasteiger partial charge in [0, 0.05) is 18.7 Å². The number of anilines is 1. The fourth-order valence-electron chi connectivity index (χ4n) is 2.91. The number of methoxy groups -OCH3 is 1. The van der Waals surface area contributed by atoms with Crippen LogP contribution in [0.3, 0.4) is 0 Å². The second kappa shape index (κ2) is 12.0. The van der Waals surface area contributed by atoms with Crippen molar-refractivity contribution >= 4 is 22.0 Å². The Labute approximate surface area is 201 Å². The normalized spacial score (nSPS) is 14.0. The Morgan fingerprint density at radius 1 is 1.17 bits per heavy atom. The number of benzene rings is 1. The lowest BCUT2D eigenvalue weighted by Gasteiger charge is -2.27. The largest absolute Gasteiger partial charge is 0.534 e. The van der Waals surface area contributed by atoms with Gasteiger partial charge in [0.25, 0.3) is 5.88 Å². The van der Waals surface area contributed by atoms with Crippen LogP contribution < -0.4 is 13.8 Å². The van der Waals surface area contributed by atoms with Gasteiger partial charge in [-0.1, -0.05) is 26.0 Å². The summed E-state index contributed by atoms with van der Waals surface area (Å²) >= 11 is 0. The Bertz CT molecular complexity index is 1120. The van der Waals surface area contributed by atoms with E-state index < -0.39 is 33.0 Å². The van der Waals surface area contributed by atoms with Crippen molar-refractivity contribution < 1.29 is 44.8 Å². The molecule has 0 atom stereocenters. The Balaban J connectivity index is 0.00000210. The third-order valence-electron chi connectivity index (χ3n) is 4.45. The summed E-state index contributed by atoms with van der Waals surface area (Å²) in [6.45, 7) is 6.46. The first-order chi connectivity index (χ1) is 16.6. The molecule has 194 valence electrons. The van der Waals surface area contributed by atoms with Crippen LogP contribution in [0, 0.1) is 0 Å². The molecule has 0 saturated carbocycles. The molecule has 0 radical (unpaired) electrons. The van der Waals surface area contributed by atoms with Crippen molar-refractivity contribution in [3.63, 3.8) is 0 Å². The van der Waals surface area contributed by atoms with E-state index >= 15 is 0 Å². The summed E-state index contributed by atoms with van der Waals surface area (Å²) in [5, 5.41) is 0. The number of halogens is 3. The van der Waals surface area contributed by atoms with Crippen LogP contribution in [0.1, 0.15) is 31.1 Å². The average molecular weight is 522 g/mol. The van der Waals surface area contributed by atoms with Crippen LogP contribution in [-0.2, 0) is 19.6 Å². The fourth-order valence-corrected chi connectivity index (χ4v) is 3.33. The van der Waals surface area contributed by atoms with Gasteiger partial charge in [-0.05, 0) is 19.1 Å². The Morgan fingerprint density at radius 2 is 1.83 bits per heavy atom. The number of carbonyl (C=O) groups is 1. The number of carbonyl (C=O) groups excluding carboxylic acids is 1. The van der Waals surface area contributed by atoms with Crippen LogP contribution in [0.5, 0.6) is 11.6 Å². The predicted octanol–water partition coefficient (Wildman–Crippen LogP) is 3.42. The van der Waals surface area contributed by atoms with E-state index in [0.29, 0.717) is 5.75 Å². The molecule has 0 aliphatic carbocycles. The summed E-state index contributed by atoms with van der Waals surface area (Å²) in [5.41, 5.74) is -6.37. The topological polar surface area (TPSA) is 117 Å². The second-order valence-electron chi connectivity index (χ2n) is 6.59. The molecular formula is C21H26F3N3O7S. The standard InChI is InChI=1S/C19H20F3N3O7S.C2H6/c1-3-31-17(26)14-15(12-5-4-6-13(11-12)29-2)23-18(25-7-9-30-10-8-25)24-16(14)32-33(27,28)19(20,21)22;1-2/h4-6,11H,3,7-10H2,1-2H3;1-2H3. The van der Waals surface area contributed by atoms with E-state index in [1.165, 1.54) is 26.2 Å². The smallest absolute Gasteiger partial charge is 0.497 e. The Morgan fingerprint density at radius 3 is 2.40 bits per heavy atom.